The van der Waals surface area contributed by atoms with Gasteiger partial charge in [-0.15, -0.1) is 10.2 Å². The highest BCUT2D eigenvalue weighted by Gasteiger charge is 2.69. The van der Waals surface area contributed by atoms with Crippen LogP contribution in [0.25, 0.3) is 0 Å². The molecule has 1 atom stereocenters. The zero-order valence-electron chi connectivity index (χ0n) is 17.7. The van der Waals surface area contributed by atoms with Gasteiger partial charge in [0.05, 0.1) is 12.1 Å². The lowest BCUT2D eigenvalue weighted by Gasteiger charge is -2.29. The molecule has 19 heteroatoms. The van der Waals surface area contributed by atoms with Crippen molar-refractivity contribution in [2.24, 2.45) is 0 Å². The number of alkyl halides is 3. The quantitative estimate of drug-likeness (QED) is 0.294. The van der Waals surface area contributed by atoms with E-state index in [4.69, 9.17) is 0 Å². The van der Waals surface area contributed by atoms with Crippen molar-refractivity contribution in [2.75, 3.05) is 10.6 Å². The third-order valence-electron chi connectivity index (χ3n) is 4.84. The number of carbonyl (C=O) groups is 2. The standard InChI is InChI=1S/C17H13F3N8O6S2/c1-7(29)22-13-25-26-15(35-13)36(33,34)27-16(17(18,19)20)9-10(23-12(16)31)28(14(32)24-11(9)30)6-8-3-2-4-21-5-8/h2-5,27H,6H2,1H3,(H,23,31)(H,22,25,29)(H,24,30,32). The predicted molar refractivity (Wildman–Crippen MR) is 116 cm³/mol. The lowest BCUT2D eigenvalue weighted by atomic mass is 9.93. The first-order valence-corrected chi connectivity index (χ1v) is 11.9. The van der Waals surface area contributed by atoms with Crippen LogP contribution >= 0.6 is 11.3 Å². The largest absolute Gasteiger partial charge is 0.421 e. The van der Waals surface area contributed by atoms with Gasteiger partial charge in [0, 0.05) is 19.3 Å². The Morgan fingerprint density at radius 3 is 2.58 bits per heavy atom. The summed E-state index contributed by atoms with van der Waals surface area (Å²) in [6.45, 7) is 0.660. The Kier molecular flexibility index (Phi) is 6.01. The number of pyridine rings is 1. The van der Waals surface area contributed by atoms with Gasteiger partial charge in [-0.2, -0.15) is 17.9 Å². The van der Waals surface area contributed by atoms with Crippen LogP contribution in [-0.4, -0.2) is 51.1 Å². The number of rotatable bonds is 6. The molecule has 2 amide bonds. The zero-order valence-corrected chi connectivity index (χ0v) is 19.3. The molecule has 1 aliphatic rings. The maximum atomic E-state index is 14.5. The van der Waals surface area contributed by atoms with Gasteiger partial charge < -0.3 is 10.6 Å². The SMILES string of the molecule is CC(=O)Nc1nnc(S(=O)(=O)NC2(C(F)(F)F)C(=O)Nc3c2c(=O)[nH]c(=O)n3Cc2cccnc2)s1. The molecule has 0 saturated carbocycles. The van der Waals surface area contributed by atoms with Gasteiger partial charge in [0.25, 0.3) is 21.5 Å². The van der Waals surface area contributed by atoms with E-state index in [0.29, 0.717) is 10.1 Å². The van der Waals surface area contributed by atoms with Gasteiger partial charge >= 0.3 is 11.9 Å². The number of nitrogens with one attached hydrogen (secondary N) is 4. The first kappa shape index (κ1) is 25.1. The summed E-state index contributed by atoms with van der Waals surface area (Å²) in [5, 5.41) is 10.2. The van der Waals surface area contributed by atoms with Gasteiger partial charge in [0.2, 0.25) is 20.9 Å². The van der Waals surface area contributed by atoms with Crippen molar-refractivity contribution >= 4 is 44.1 Å². The third kappa shape index (κ3) is 4.16. The third-order valence-corrected chi connectivity index (χ3v) is 7.50. The summed E-state index contributed by atoms with van der Waals surface area (Å²) < 4.78 is 70.0. The van der Waals surface area contributed by atoms with Gasteiger partial charge in [-0.25, -0.2) is 13.2 Å². The number of hydrogen-bond acceptors (Lipinski definition) is 10. The molecule has 0 bridgehead atoms. The van der Waals surface area contributed by atoms with Crippen LogP contribution in [0.15, 0.2) is 38.5 Å². The highest BCUT2D eigenvalue weighted by Crippen LogP contribution is 2.46. The second-order valence-electron chi connectivity index (χ2n) is 7.29. The molecule has 1 unspecified atom stereocenters. The normalized spacial score (nSPS) is 17.5. The van der Waals surface area contributed by atoms with Gasteiger partial charge in [0.1, 0.15) is 5.82 Å². The summed E-state index contributed by atoms with van der Waals surface area (Å²) in [5.74, 6) is -3.48. The molecule has 1 aliphatic heterocycles. The number of H-pyrrole nitrogens is 1. The van der Waals surface area contributed by atoms with E-state index >= 15 is 0 Å². The molecule has 4 rings (SSSR count). The Morgan fingerprint density at radius 1 is 1.25 bits per heavy atom. The molecule has 0 fully saturated rings. The molecule has 0 radical (unpaired) electrons. The van der Waals surface area contributed by atoms with E-state index in [1.165, 1.54) is 29.2 Å². The molecule has 0 aliphatic carbocycles. The monoisotopic (exact) mass is 546 g/mol. The minimum atomic E-state index is -5.70. The number of fused-ring (bicyclic) bond motifs is 1. The van der Waals surface area contributed by atoms with Crippen LogP contribution in [0.5, 0.6) is 0 Å². The van der Waals surface area contributed by atoms with Crippen molar-refractivity contribution in [1.29, 1.82) is 0 Å². The first-order chi connectivity index (χ1) is 16.8. The highest BCUT2D eigenvalue weighted by atomic mass is 32.2. The van der Waals surface area contributed by atoms with Crippen molar-refractivity contribution in [3.8, 4) is 0 Å². The molecule has 3 aromatic heterocycles. The van der Waals surface area contributed by atoms with E-state index in [1.807, 2.05) is 5.32 Å². The number of nitrogens with zero attached hydrogens (tertiary/aromatic N) is 4. The van der Waals surface area contributed by atoms with E-state index in [0.717, 1.165) is 6.92 Å². The molecule has 14 nitrogen and oxygen atoms in total. The maximum absolute atomic E-state index is 14.5. The number of hydrogen-bond donors (Lipinski definition) is 4. The van der Waals surface area contributed by atoms with Gasteiger partial charge in [-0.3, -0.25) is 28.9 Å². The van der Waals surface area contributed by atoms with Gasteiger partial charge in [-0.1, -0.05) is 17.4 Å². The average molecular weight is 546 g/mol. The average Bonchev–Trinajstić information content (AvgIpc) is 3.35. The van der Waals surface area contributed by atoms with Crippen LogP contribution in [0.2, 0.25) is 0 Å². The molecule has 0 spiro atoms. The Bertz CT molecular complexity index is 1600. The van der Waals surface area contributed by atoms with Crippen molar-refractivity contribution in [1.82, 2.24) is 29.5 Å². The zero-order chi connectivity index (χ0) is 26.5. The van der Waals surface area contributed by atoms with Gasteiger partial charge in [0.15, 0.2) is 0 Å². The minimum absolute atomic E-state index is 0.203. The van der Waals surface area contributed by atoms with Crippen LogP contribution in [0.1, 0.15) is 18.1 Å². The Labute approximate surface area is 201 Å². The van der Waals surface area contributed by atoms with E-state index in [9.17, 15) is 40.8 Å². The summed E-state index contributed by atoms with van der Waals surface area (Å²) >= 11 is 0.203. The summed E-state index contributed by atoms with van der Waals surface area (Å²) in [6, 6.07) is 2.96. The second kappa shape index (κ2) is 8.60. The fraction of sp³-hybridized carbons (Fsp3) is 0.235. The number of anilines is 2. The number of aromatic nitrogens is 5. The lowest BCUT2D eigenvalue weighted by molar-refractivity contribution is -0.194. The van der Waals surface area contributed by atoms with Crippen LogP contribution in [0.4, 0.5) is 24.1 Å². The number of carbonyl (C=O) groups excluding carboxylic acids is 2. The van der Waals surface area contributed by atoms with E-state index in [-0.39, 0.29) is 16.5 Å². The van der Waals surface area contributed by atoms with Crippen molar-refractivity contribution in [2.45, 2.75) is 29.5 Å². The lowest BCUT2D eigenvalue weighted by Crippen LogP contribution is -2.61. The summed E-state index contributed by atoms with van der Waals surface area (Å²) in [7, 11) is -5.26. The fourth-order valence-corrected chi connectivity index (χ4v) is 5.65. The van der Waals surface area contributed by atoms with Crippen LogP contribution in [-0.2, 0) is 31.7 Å². The molecule has 0 aromatic carbocycles. The predicted octanol–water partition coefficient (Wildman–Crippen LogP) is -0.522. The highest BCUT2D eigenvalue weighted by molar-refractivity contribution is 7.91. The van der Waals surface area contributed by atoms with E-state index in [2.05, 4.69) is 20.5 Å². The van der Waals surface area contributed by atoms with E-state index in [1.54, 1.807) is 4.98 Å². The van der Waals surface area contributed by atoms with Crippen molar-refractivity contribution in [3.05, 3.63) is 56.5 Å². The van der Waals surface area contributed by atoms with E-state index < -0.39 is 67.1 Å². The first-order valence-electron chi connectivity index (χ1n) is 9.56. The Balaban J connectivity index is 1.89. The molecule has 4 heterocycles. The molecule has 190 valence electrons. The van der Waals surface area contributed by atoms with Crippen molar-refractivity contribution in [3.63, 3.8) is 0 Å². The second-order valence-corrected chi connectivity index (χ2v) is 10.1. The number of aromatic amines is 1. The molecular weight excluding hydrogens is 533 g/mol. The van der Waals surface area contributed by atoms with Crippen LogP contribution in [0, 0.1) is 0 Å². The fourth-order valence-electron chi connectivity index (χ4n) is 3.38. The molecule has 36 heavy (non-hydrogen) atoms. The smallest absolute Gasteiger partial charge is 0.309 e. The summed E-state index contributed by atoms with van der Waals surface area (Å²) in [4.78, 5) is 54.5. The van der Waals surface area contributed by atoms with Gasteiger partial charge in [-0.05, 0) is 11.6 Å². The topological polar surface area (TPSA) is 198 Å². The Morgan fingerprint density at radius 2 is 1.97 bits per heavy atom. The molecule has 3 aromatic rings. The Hall–Kier alpha value is -3.97. The summed E-state index contributed by atoms with van der Waals surface area (Å²) in [5.41, 5.74) is -8.00. The van der Waals surface area contributed by atoms with Crippen LogP contribution in [0.3, 0.4) is 0 Å². The van der Waals surface area contributed by atoms with Crippen LogP contribution < -0.4 is 26.6 Å². The minimum Gasteiger partial charge on any atom is -0.309 e. The maximum Gasteiger partial charge on any atom is 0.421 e. The molecule has 4 N–H and O–H groups in total. The number of sulfonamides is 1. The number of amides is 2. The summed E-state index contributed by atoms with van der Waals surface area (Å²) in [6.07, 6.45) is -3.01. The number of halogens is 3. The molecular formula is C17H13F3N8O6S2. The van der Waals surface area contributed by atoms with Crippen molar-refractivity contribution < 1.29 is 31.2 Å². The molecule has 0 saturated heterocycles.